The number of aryl methyl sites for hydroxylation is 3. The molecule has 3 nitrogen and oxygen atoms in total. The van der Waals surface area contributed by atoms with Crippen molar-refractivity contribution in [3.8, 4) is 0 Å². The summed E-state index contributed by atoms with van der Waals surface area (Å²) in [6.07, 6.45) is 2.04. The van der Waals surface area contributed by atoms with Crippen molar-refractivity contribution < 1.29 is 0 Å². The van der Waals surface area contributed by atoms with E-state index in [-0.39, 0.29) is 0 Å². The van der Waals surface area contributed by atoms with Gasteiger partial charge in [-0.25, -0.2) is 4.98 Å². The molecule has 80 valence electrons. The zero-order valence-corrected chi connectivity index (χ0v) is 9.33. The maximum atomic E-state index is 5.54. The first-order chi connectivity index (χ1) is 7.24. The van der Waals surface area contributed by atoms with E-state index in [0.29, 0.717) is 0 Å². The summed E-state index contributed by atoms with van der Waals surface area (Å²) in [6.45, 7) is 4.84. The van der Waals surface area contributed by atoms with Crippen molar-refractivity contribution >= 4 is 5.52 Å². The monoisotopic (exact) mass is 203 g/mol. The molecular formula is C12H17N3. The lowest BCUT2D eigenvalue weighted by molar-refractivity contribution is 0.789. The van der Waals surface area contributed by atoms with Crippen LogP contribution >= 0.6 is 0 Å². The third kappa shape index (κ3) is 1.75. The molecule has 2 aromatic rings. The topological polar surface area (TPSA) is 43.3 Å². The number of hydrogen-bond donors (Lipinski definition) is 1. The highest BCUT2D eigenvalue weighted by Crippen LogP contribution is 2.15. The molecule has 2 aromatic heterocycles. The van der Waals surface area contributed by atoms with Gasteiger partial charge in [-0.3, -0.25) is 0 Å². The summed E-state index contributed by atoms with van der Waals surface area (Å²) in [5.41, 5.74) is 9.15. The molecule has 0 saturated heterocycles. The fourth-order valence-corrected chi connectivity index (χ4v) is 2.05. The van der Waals surface area contributed by atoms with Gasteiger partial charge in [-0.2, -0.15) is 0 Å². The second-order valence-electron chi connectivity index (χ2n) is 3.87. The lowest BCUT2D eigenvalue weighted by Crippen LogP contribution is -2.04. The van der Waals surface area contributed by atoms with Gasteiger partial charge in [-0.1, -0.05) is 6.07 Å². The van der Waals surface area contributed by atoms with Gasteiger partial charge in [0.1, 0.15) is 5.82 Å². The van der Waals surface area contributed by atoms with Crippen molar-refractivity contribution in [2.75, 3.05) is 6.54 Å². The first kappa shape index (κ1) is 10.2. The molecule has 0 amide bonds. The average molecular weight is 203 g/mol. The Hall–Kier alpha value is -1.35. The van der Waals surface area contributed by atoms with E-state index in [9.17, 15) is 0 Å². The summed E-state index contributed by atoms with van der Waals surface area (Å²) in [5, 5.41) is 0. The van der Waals surface area contributed by atoms with Crippen LogP contribution in [-0.4, -0.2) is 15.9 Å². The highest BCUT2D eigenvalue weighted by molar-refractivity contribution is 5.53. The number of nitrogens with zero attached hydrogens (tertiary/aromatic N) is 2. The lowest BCUT2D eigenvalue weighted by Gasteiger charge is -2.06. The summed E-state index contributed by atoms with van der Waals surface area (Å²) in [5.74, 6) is 1.06. The van der Waals surface area contributed by atoms with Gasteiger partial charge in [-0.15, -0.1) is 0 Å². The van der Waals surface area contributed by atoms with E-state index in [0.717, 1.165) is 30.9 Å². The van der Waals surface area contributed by atoms with Gasteiger partial charge in [0.2, 0.25) is 0 Å². The van der Waals surface area contributed by atoms with Gasteiger partial charge in [0, 0.05) is 5.69 Å². The molecule has 2 rings (SSSR count). The van der Waals surface area contributed by atoms with Gasteiger partial charge in [0.25, 0.3) is 0 Å². The first-order valence-electron chi connectivity index (χ1n) is 5.37. The van der Waals surface area contributed by atoms with Crippen molar-refractivity contribution in [1.29, 1.82) is 0 Å². The van der Waals surface area contributed by atoms with Crippen molar-refractivity contribution in [2.45, 2.75) is 26.7 Å². The van der Waals surface area contributed by atoms with E-state index in [1.165, 1.54) is 11.2 Å². The van der Waals surface area contributed by atoms with Gasteiger partial charge in [-0.05, 0) is 45.4 Å². The van der Waals surface area contributed by atoms with Crippen molar-refractivity contribution in [2.24, 2.45) is 5.73 Å². The van der Waals surface area contributed by atoms with Gasteiger partial charge >= 0.3 is 0 Å². The van der Waals surface area contributed by atoms with Crippen molar-refractivity contribution in [3.63, 3.8) is 0 Å². The summed E-state index contributed by atoms with van der Waals surface area (Å²) in [4.78, 5) is 4.49. The number of pyridine rings is 1. The Morgan fingerprint density at radius 1 is 1.33 bits per heavy atom. The van der Waals surface area contributed by atoms with Gasteiger partial charge < -0.3 is 10.1 Å². The summed E-state index contributed by atoms with van der Waals surface area (Å²) >= 11 is 0. The molecule has 2 heterocycles. The predicted octanol–water partition coefficient (Wildman–Crippen LogP) is 1.84. The SMILES string of the molecule is Cc1nc(C)n2c(CCCN)cccc12. The standard InChI is InChI=1S/C12H17N3/c1-9-12-7-3-5-11(6-4-8-13)15(12)10(2)14-9/h3,5,7H,4,6,8,13H2,1-2H3. The Balaban J connectivity index is 2.54. The molecule has 15 heavy (non-hydrogen) atoms. The van der Waals surface area contributed by atoms with Gasteiger partial charge in [0.05, 0.1) is 11.2 Å². The van der Waals surface area contributed by atoms with Crippen LogP contribution in [0.4, 0.5) is 0 Å². The molecule has 0 aliphatic carbocycles. The normalized spacial score (nSPS) is 11.1. The smallest absolute Gasteiger partial charge is 0.110 e. The molecule has 0 spiro atoms. The third-order valence-electron chi connectivity index (χ3n) is 2.73. The van der Waals surface area contributed by atoms with Crippen molar-refractivity contribution in [3.05, 3.63) is 35.4 Å². The van der Waals surface area contributed by atoms with Crippen LogP contribution in [0, 0.1) is 13.8 Å². The predicted molar refractivity (Wildman–Crippen MR) is 62.0 cm³/mol. The Morgan fingerprint density at radius 3 is 2.87 bits per heavy atom. The maximum absolute atomic E-state index is 5.54. The highest BCUT2D eigenvalue weighted by atomic mass is 15.0. The fraction of sp³-hybridized carbons (Fsp3) is 0.417. The average Bonchev–Trinajstić information content (AvgIpc) is 2.53. The molecule has 2 N–H and O–H groups in total. The number of fused-ring (bicyclic) bond motifs is 1. The molecular weight excluding hydrogens is 186 g/mol. The number of rotatable bonds is 3. The second-order valence-corrected chi connectivity index (χ2v) is 3.87. The number of aromatic nitrogens is 2. The van der Waals surface area contributed by atoms with Gasteiger partial charge in [0.15, 0.2) is 0 Å². The van der Waals surface area contributed by atoms with Crippen LogP contribution in [0.3, 0.4) is 0 Å². The third-order valence-corrected chi connectivity index (χ3v) is 2.73. The summed E-state index contributed by atoms with van der Waals surface area (Å²) in [7, 11) is 0. The van der Waals surface area contributed by atoms with Crippen LogP contribution < -0.4 is 5.73 Å². The highest BCUT2D eigenvalue weighted by Gasteiger charge is 2.06. The number of nitrogens with two attached hydrogens (primary N) is 1. The summed E-state index contributed by atoms with van der Waals surface area (Å²) < 4.78 is 2.23. The molecule has 0 radical (unpaired) electrons. The molecule has 0 atom stereocenters. The van der Waals surface area contributed by atoms with E-state index < -0.39 is 0 Å². The zero-order chi connectivity index (χ0) is 10.8. The van der Waals surface area contributed by atoms with Crippen molar-refractivity contribution in [1.82, 2.24) is 9.38 Å². The number of hydrogen-bond acceptors (Lipinski definition) is 2. The molecule has 0 bridgehead atoms. The van der Waals surface area contributed by atoms with Crippen LogP contribution in [0.5, 0.6) is 0 Å². The van der Waals surface area contributed by atoms with E-state index >= 15 is 0 Å². The quantitative estimate of drug-likeness (QED) is 0.827. The Morgan fingerprint density at radius 2 is 2.13 bits per heavy atom. The Labute approximate surface area is 89.9 Å². The molecule has 0 aromatic carbocycles. The Bertz CT molecular complexity index is 471. The minimum atomic E-state index is 0.739. The van der Waals surface area contributed by atoms with Crippen LogP contribution in [0.15, 0.2) is 18.2 Å². The first-order valence-corrected chi connectivity index (χ1v) is 5.37. The minimum absolute atomic E-state index is 0.739. The minimum Gasteiger partial charge on any atom is -0.330 e. The molecule has 0 saturated carbocycles. The van der Waals surface area contributed by atoms with Crippen LogP contribution in [0.25, 0.3) is 5.52 Å². The van der Waals surface area contributed by atoms with Crippen LogP contribution in [0.1, 0.15) is 23.6 Å². The maximum Gasteiger partial charge on any atom is 0.110 e. The van der Waals surface area contributed by atoms with E-state index in [1.807, 2.05) is 6.92 Å². The van der Waals surface area contributed by atoms with Crippen LogP contribution in [0.2, 0.25) is 0 Å². The Kier molecular flexibility index (Phi) is 2.73. The molecule has 0 aliphatic heterocycles. The fourth-order valence-electron chi connectivity index (χ4n) is 2.05. The van der Waals surface area contributed by atoms with Crippen LogP contribution in [-0.2, 0) is 6.42 Å². The zero-order valence-electron chi connectivity index (χ0n) is 9.33. The molecule has 0 fully saturated rings. The lowest BCUT2D eigenvalue weighted by atomic mass is 10.2. The summed E-state index contributed by atoms with van der Waals surface area (Å²) in [6, 6.07) is 6.35. The number of imidazole rings is 1. The van der Waals surface area contributed by atoms with E-state index in [4.69, 9.17) is 5.73 Å². The largest absolute Gasteiger partial charge is 0.330 e. The second kappa shape index (κ2) is 4.03. The molecule has 0 unspecified atom stereocenters. The molecule has 0 aliphatic rings. The van der Waals surface area contributed by atoms with E-state index in [1.54, 1.807) is 0 Å². The molecule has 3 heteroatoms. The van der Waals surface area contributed by atoms with E-state index in [2.05, 4.69) is 34.5 Å².